The summed E-state index contributed by atoms with van der Waals surface area (Å²) in [6.07, 6.45) is 4.37. The van der Waals surface area contributed by atoms with E-state index in [1.54, 1.807) is 18.2 Å². The number of benzene rings is 1. The maximum atomic E-state index is 12.8. The van der Waals surface area contributed by atoms with Crippen molar-refractivity contribution in [3.8, 4) is 5.69 Å². The molecule has 1 unspecified atom stereocenters. The number of aromatic amines is 1. The topological polar surface area (TPSA) is 104 Å². The number of H-pyrrole nitrogens is 1. The van der Waals surface area contributed by atoms with Crippen LogP contribution in [0.3, 0.4) is 0 Å². The molecule has 0 bridgehead atoms. The molecular formula is C16H12ClN5O3. The minimum Gasteiger partial charge on any atom is -0.479 e. The standard InChI is InChI=1S/C16H12ClN5O3/c17-11-3-1-2-4-13(11)22-7-9(5-19-22)15(23)21-8-12-10(6-18-20-12)14(21)16(24)25/h1-7,14H,8H2,(H,18,20)(H,24,25). The van der Waals surface area contributed by atoms with Gasteiger partial charge in [0, 0.05) is 11.8 Å². The summed E-state index contributed by atoms with van der Waals surface area (Å²) in [7, 11) is 0. The molecule has 1 amide bonds. The van der Waals surface area contributed by atoms with Gasteiger partial charge >= 0.3 is 5.97 Å². The molecule has 25 heavy (non-hydrogen) atoms. The van der Waals surface area contributed by atoms with Crippen molar-refractivity contribution in [3.63, 3.8) is 0 Å². The van der Waals surface area contributed by atoms with Gasteiger partial charge in [-0.1, -0.05) is 23.7 Å². The van der Waals surface area contributed by atoms with Gasteiger partial charge in [-0.3, -0.25) is 9.89 Å². The zero-order chi connectivity index (χ0) is 17.6. The summed E-state index contributed by atoms with van der Waals surface area (Å²) in [5.74, 6) is -1.53. The lowest BCUT2D eigenvalue weighted by atomic mass is 10.1. The van der Waals surface area contributed by atoms with E-state index in [9.17, 15) is 14.7 Å². The number of aromatic nitrogens is 4. The van der Waals surface area contributed by atoms with Crippen LogP contribution in [0.25, 0.3) is 5.69 Å². The first kappa shape index (κ1) is 15.4. The van der Waals surface area contributed by atoms with Crippen LogP contribution in [0.4, 0.5) is 0 Å². The fourth-order valence-corrected chi connectivity index (χ4v) is 3.16. The molecule has 4 rings (SSSR count). The Morgan fingerprint density at radius 1 is 1.28 bits per heavy atom. The summed E-state index contributed by atoms with van der Waals surface area (Å²) in [4.78, 5) is 25.7. The van der Waals surface area contributed by atoms with Crippen LogP contribution in [0.1, 0.15) is 27.7 Å². The smallest absolute Gasteiger partial charge is 0.331 e. The van der Waals surface area contributed by atoms with Crippen molar-refractivity contribution in [2.75, 3.05) is 0 Å². The highest BCUT2D eigenvalue weighted by Crippen LogP contribution is 2.33. The summed E-state index contributed by atoms with van der Waals surface area (Å²) in [6.45, 7) is 0.155. The number of fused-ring (bicyclic) bond motifs is 1. The van der Waals surface area contributed by atoms with Crippen LogP contribution < -0.4 is 0 Å². The van der Waals surface area contributed by atoms with Gasteiger partial charge in [0.05, 0.1) is 40.9 Å². The van der Waals surface area contributed by atoms with E-state index in [-0.39, 0.29) is 12.1 Å². The van der Waals surface area contributed by atoms with Gasteiger partial charge < -0.3 is 10.0 Å². The van der Waals surface area contributed by atoms with E-state index in [1.807, 2.05) is 6.07 Å². The average Bonchev–Trinajstić information content (AvgIpc) is 3.29. The molecule has 1 aliphatic rings. The Balaban J connectivity index is 1.65. The molecular weight excluding hydrogens is 346 g/mol. The Morgan fingerprint density at radius 2 is 2.08 bits per heavy atom. The second-order valence-electron chi connectivity index (χ2n) is 5.60. The largest absolute Gasteiger partial charge is 0.479 e. The van der Waals surface area contributed by atoms with Crippen molar-refractivity contribution in [1.82, 2.24) is 24.9 Å². The number of carbonyl (C=O) groups is 2. The summed E-state index contributed by atoms with van der Waals surface area (Å²) in [6, 6.07) is 6.04. The van der Waals surface area contributed by atoms with Crippen LogP contribution in [0.5, 0.6) is 0 Å². The molecule has 9 heteroatoms. The Hall–Kier alpha value is -3.13. The normalized spacial score (nSPS) is 16.0. The van der Waals surface area contributed by atoms with Crippen LogP contribution >= 0.6 is 11.6 Å². The van der Waals surface area contributed by atoms with Crippen molar-refractivity contribution in [1.29, 1.82) is 0 Å². The number of para-hydroxylation sites is 1. The van der Waals surface area contributed by atoms with Crippen LogP contribution in [0, 0.1) is 0 Å². The summed E-state index contributed by atoms with van der Waals surface area (Å²) < 4.78 is 1.49. The van der Waals surface area contributed by atoms with E-state index in [1.165, 1.54) is 28.2 Å². The van der Waals surface area contributed by atoms with E-state index in [0.29, 0.717) is 22.0 Å². The first-order valence-corrected chi connectivity index (χ1v) is 7.79. The first-order valence-electron chi connectivity index (χ1n) is 7.41. The number of hydrogen-bond donors (Lipinski definition) is 2. The van der Waals surface area contributed by atoms with Crippen molar-refractivity contribution in [3.05, 3.63) is 64.7 Å². The highest BCUT2D eigenvalue weighted by atomic mass is 35.5. The van der Waals surface area contributed by atoms with E-state index < -0.39 is 17.9 Å². The van der Waals surface area contributed by atoms with Crippen LogP contribution in [-0.2, 0) is 11.3 Å². The quantitative estimate of drug-likeness (QED) is 0.746. The molecule has 0 fully saturated rings. The number of carboxylic acids is 1. The molecule has 126 valence electrons. The van der Waals surface area contributed by atoms with Crippen LogP contribution in [0.15, 0.2) is 42.9 Å². The van der Waals surface area contributed by atoms with Crippen molar-refractivity contribution in [2.45, 2.75) is 12.6 Å². The van der Waals surface area contributed by atoms with Crippen molar-refractivity contribution >= 4 is 23.5 Å². The Kier molecular flexibility index (Phi) is 3.54. The number of halogens is 1. The second kappa shape index (κ2) is 5.75. The van der Waals surface area contributed by atoms with E-state index in [0.717, 1.165) is 0 Å². The van der Waals surface area contributed by atoms with Crippen molar-refractivity contribution in [2.24, 2.45) is 0 Å². The lowest BCUT2D eigenvalue weighted by Crippen LogP contribution is -2.34. The highest BCUT2D eigenvalue weighted by molar-refractivity contribution is 6.32. The van der Waals surface area contributed by atoms with Gasteiger partial charge in [-0.15, -0.1) is 0 Å². The zero-order valence-electron chi connectivity index (χ0n) is 12.8. The SMILES string of the molecule is O=C(O)C1c2cn[nH]c2CN1C(=O)c1cnn(-c2ccccc2Cl)c1. The molecule has 0 saturated carbocycles. The molecule has 1 aliphatic heterocycles. The first-order chi connectivity index (χ1) is 12.1. The molecule has 0 saturated heterocycles. The van der Waals surface area contributed by atoms with Crippen LogP contribution in [-0.4, -0.2) is 41.9 Å². The van der Waals surface area contributed by atoms with Crippen LogP contribution in [0.2, 0.25) is 5.02 Å². The van der Waals surface area contributed by atoms with E-state index in [2.05, 4.69) is 15.3 Å². The maximum absolute atomic E-state index is 12.8. The third kappa shape index (κ3) is 2.47. The molecule has 0 spiro atoms. The number of nitrogens with zero attached hydrogens (tertiary/aromatic N) is 4. The third-order valence-corrected chi connectivity index (χ3v) is 4.43. The molecule has 1 aromatic carbocycles. The lowest BCUT2D eigenvalue weighted by molar-refractivity contribution is -0.142. The number of aliphatic carboxylic acids is 1. The molecule has 0 radical (unpaired) electrons. The van der Waals surface area contributed by atoms with Gasteiger partial charge in [0.15, 0.2) is 6.04 Å². The number of hydrogen-bond acceptors (Lipinski definition) is 4. The third-order valence-electron chi connectivity index (χ3n) is 4.11. The maximum Gasteiger partial charge on any atom is 0.331 e. The molecule has 8 nitrogen and oxygen atoms in total. The summed E-state index contributed by atoms with van der Waals surface area (Å²) >= 11 is 6.14. The van der Waals surface area contributed by atoms with Gasteiger partial charge in [0.25, 0.3) is 5.91 Å². The minimum absolute atomic E-state index is 0.155. The fourth-order valence-electron chi connectivity index (χ4n) is 2.94. The van der Waals surface area contributed by atoms with E-state index in [4.69, 9.17) is 11.6 Å². The van der Waals surface area contributed by atoms with Gasteiger partial charge in [-0.2, -0.15) is 10.2 Å². The molecule has 2 aromatic heterocycles. The number of nitrogens with one attached hydrogen (secondary N) is 1. The molecule has 3 heterocycles. The number of amides is 1. The van der Waals surface area contributed by atoms with Crippen molar-refractivity contribution < 1.29 is 14.7 Å². The van der Waals surface area contributed by atoms with Gasteiger partial charge in [0.1, 0.15) is 0 Å². The second-order valence-corrected chi connectivity index (χ2v) is 6.01. The predicted octanol–water partition coefficient (Wildman–Crippen LogP) is 2.03. The number of rotatable bonds is 3. The molecule has 0 aliphatic carbocycles. The molecule has 3 aromatic rings. The average molecular weight is 358 g/mol. The monoisotopic (exact) mass is 357 g/mol. The van der Waals surface area contributed by atoms with Gasteiger partial charge in [0.2, 0.25) is 0 Å². The Labute approximate surface area is 146 Å². The summed E-state index contributed by atoms with van der Waals surface area (Å²) in [5, 5.41) is 20.7. The zero-order valence-corrected chi connectivity index (χ0v) is 13.5. The van der Waals surface area contributed by atoms with E-state index >= 15 is 0 Å². The predicted molar refractivity (Wildman–Crippen MR) is 87.4 cm³/mol. The Morgan fingerprint density at radius 3 is 2.84 bits per heavy atom. The minimum atomic E-state index is -1.10. The highest BCUT2D eigenvalue weighted by Gasteiger charge is 2.40. The fraction of sp³-hybridized carbons (Fsp3) is 0.125. The van der Waals surface area contributed by atoms with Gasteiger partial charge in [-0.25, -0.2) is 9.48 Å². The number of carboxylic acid groups (broad SMARTS) is 1. The molecule has 1 atom stereocenters. The van der Waals surface area contributed by atoms with Gasteiger partial charge in [-0.05, 0) is 12.1 Å². The molecule has 2 N–H and O–H groups in total. The number of carbonyl (C=O) groups excluding carboxylic acids is 1. The lowest BCUT2D eigenvalue weighted by Gasteiger charge is -2.20. The summed E-state index contributed by atoms with van der Waals surface area (Å²) in [5.41, 5.74) is 2.04. The Bertz CT molecular complexity index is 980.